The lowest BCUT2D eigenvalue weighted by Crippen LogP contribution is -2.45. The number of halogens is 1. The van der Waals surface area contributed by atoms with Gasteiger partial charge in [0.1, 0.15) is 5.71 Å². The first-order valence-corrected chi connectivity index (χ1v) is 8.79. The van der Waals surface area contributed by atoms with Gasteiger partial charge in [0.2, 0.25) is 5.91 Å². The summed E-state index contributed by atoms with van der Waals surface area (Å²) in [6.07, 6.45) is 2.87. The van der Waals surface area contributed by atoms with Gasteiger partial charge in [0.25, 0.3) is 5.91 Å². The van der Waals surface area contributed by atoms with E-state index in [4.69, 9.17) is 11.6 Å². The summed E-state index contributed by atoms with van der Waals surface area (Å²) in [4.78, 5) is 26.8. The van der Waals surface area contributed by atoms with E-state index < -0.39 is 0 Å². The van der Waals surface area contributed by atoms with Crippen molar-refractivity contribution >= 4 is 34.8 Å². The minimum absolute atomic E-state index is 0.0442. The van der Waals surface area contributed by atoms with Crippen molar-refractivity contribution in [3.63, 3.8) is 0 Å². The van der Waals surface area contributed by atoms with Gasteiger partial charge in [-0.3, -0.25) is 9.59 Å². The van der Waals surface area contributed by atoms with Crippen LogP contribution in [0, 0.1) is 12.8 Å². The van der Waals surface area contributed by atoms with E-state index in [1.807, 2.05) is 17.9 Å². The van der Waals surface area contributed by atoms with Crippen molar-refractivity contribution in [2.24, 2.45) is 11.0 Å². The van der Waals surface area contributed by atoms with E-state index in [-0.39, 0.29) is 11.8 Å². The van der Waals surface area contributed by atoms with Crippen molar-refractivity contribution in [3.8, 4) is 0 Å². The molecule has 6 heteroatoms. The Morgan fingerprint density at radius 3 is 2.83 bits per heavy atom. The molecule has 0 spiro atoms. The third-order valence-electron chi connectivity index (χ3n) is 4.62. The maximum Gasteiger partial charge on any atom is 0.270 e. The van der Waals surface area contributed by atoms with Crippen molar-refractivity contribution in [3.05, 3.63) is 28.8 Å². The molecule has 0 bridgehead atoms. The van der Waals surface area contributed by atoms with Crippen molar-refractivity contribution < 1.29 is 9.59 Å². The summed E-state index contributed by atoms with van der Waals surface area (Å²) in [7, 11) is 0. The molecular formula is C18H22ClN3O2. The van der Waals surface area contributed by atoms with Gasteiger partial charge >= 0.3 is 0 Å². The van der Waals surface area contributed by atoms with Crippen molar-refractivity contribution in [2.75, 3.05) is 18.1 Å². The van der Waals surface area contributed by atoms with E-state index in [1.165, 1.54) is 5.01 Å². The lowest BCUT2D eigenvalue weighted by Gasteiger charge is -2.32. The molecule has 1 unspecified atom stereocenters. The SMILES string of the molecule is Cc1ccc(N2N=C(C(=O)N3CCCC(C)C3)CCC2=O)cc1Cl. The van der Waals surface area contributed by atoms with Crippen molar-refractivity contribution in [1.82, 2.24) is 4.90 Å². The molecule has 0 N–H and O–H groups in total. The first-order valence-electron chi connectivity index (χ1n) is 8.41. The quantitative estimate of drug-likeness (QED) is 0.823. The minimum atomic E-state index is -0.113. The lowest BCUT2D eigenvalue weighted by molar-refractivity contribution is -0.126. The van der Waals surface area contributed by atoms with Crippen LogP contribution in [0.25, 0.3) is 0 Å². The number of hydrazone groups is 1. The van der Waals surface area contributed by atoms with Crippen LogP contribution >= 0.6 is 11.6 Å². The summed E-state index contributed by atoms with van der Waals surface area (Å²) in [5.74, 6) is 0.358. The van der Waals surface area contributed by atoms with Gasteiger partial charge in [0, 0.05) is 31.0 Å². The zero-order valence-corrected chi connectivity index (χ0v) is 14.8. The predicted molar refractivity (Wildman–Crippen MR) is 95.3 cm³/mol. The molecular weight excluding hydrogens is 326 g/mol. The van der Waals surface area contributed by atoms with Gasteiger partial charge in [-0.15, -0.1) is 0 Å². The van der Waals surface area contributed by atoms with Crippen LogP contribution in [0.15, 0.2) is 23.3 Å². The third-order valence-corrected chi connectivity index (χ3v) is 5.03. The fourth-order valence-corrected chi connectivity index (χ4v) is 3.35. The number of benzene rings is 1. The number of carbonyl (C=O) groups is 2. The van der Waals surface area contributed by atoms with Crippen molar-refractivity contribution in [2.45, 2.75) is 39.5 Å². The summed E-state index contributed by atoms with van der Waals surface area (Å²) in [5, 5.41) is 6.25. The molecule has 24 heavy (non-hydrogen) atoms. The molecule has 3 rings (SSSR count). The Morgan fingerprint density at radius 1 is 1.33 bits per heavy atom. The Bertz CT molecular complexity index is 702. The fraction of sp³-hybridized carbons (Fsp3) is 0.500. The second-order valence-electron chi connectivity index (χ2n) is 6.68. The maximum absolute atomic E-state index is 12.7. The number of aryl methyl sites for hydroxylation is 1. The first kappa shape index (κ1) is 17.0. The van der Waals surface area contributed by atoms with Gasteiger partial charge in [-0.05, 0) is 43.4 Å². The zero-order chi connectivity index (χ0) is 17.3. The molecule has 0 saturated carbocycles. The lowest BCUT2D eigenvalue weighted by atomic mass is 9.99. The van der Waals surface area contributed by atoms with Gasteiger partial charge in [-0.1, -0.05) is 24.6 Å². The Balaban J connectivity index is 1.84. The smallest absolute Gasteiger partial charge is 0.270 e. The van der Waals surface area contributed by atoms with Gasteiger partial charge in [-0.2, -0.15) is 5.10 Å². The molecule has 0 aliphatic carbocycles. The molecule has 1 aromatic rings. The number of rotatable bonds is 2. The van der Waals surface area contributed by atoms with Gasteiger partial charge in [-0.25, -0.2) is 5.01 Å². The molecule has 0 radical (unpaired) electrons. The summed E-state index contributed by atoms with van der Waals surface area (Å²) in [6, 6.07) is 5.37. The Hall–Kier alpha value is -1.88. The molecule has 2 aliphatic rings. The second-order valence-corrected chi connectivity index (χ2v) is 7.09. The van der Waals surface area contributed by atoms with E-state index in [1.54, 1.807) is 12.1 Å². The number of anilines is 1. The highest BCUT2D eigenvalue weighted by atomic mass is 35.5. The number of piperidine rings is 1. The number of carbonyl (C=O) groups excluding carboxylic acids is 2. The minimum Gasteiger partial charge on any atom is -0.337 e. The summed E-state index contributed by atoms with van der Waals surface area (Å²) >= 11 is 6.16. The average Bonchev–Trinajstić information content (AvgIpc) is 2.57. The highest BCUT2D eigenvalue weighted by Gasteiger charge is 2.30. The van der Waals surface area contributed by atoms with Crippen LogP contribution in [0.2, 0.25) is 5.02 Å². The zero-order valence-electron chi connectivity index (χ0n) is 14.1. The largest absolute Gasteiger partial charge is 0.337 e. The normalized spacial score (nSPS) is 21.7. The maximum atomic E-state index is 12.7. The van der Waals surface area contributed by atoms with E-state index in [9.17, 15) is 9.59 Å². The highest BCUT2D eigenvalue weighted by molar-refractivity contribution is 6.40. The van der Waals surface area contributed by atoms with E-state index >= 15 is 0 Å². The summed E-state index contributed by atoms with van der Waals surface area (Å²) in [5.41, 5.74) is 2.00. The van der Waals surface area contributed by atoms with E-state index in [2.05, 4.69) is 12.0 Å². The van der Waals surface area contributed by atoms with Crippen LogP contribution in [0.4, 0.5) is 5.69 Å². The fourth-order valence-electron chi connectivity index (χ4n) is 3.18. The molecule has 128 valence electrons. The standard InChI is InChI=1S/C18H22ClN3O2/c1-12-4-3-9-21(11-12)18(24)16-7-8-17(23)22(20-16)14-6-5-13(2)15(19)10-14/h5-6,10,12H,3-4,7-9,11H2,1-2H3. The molecule has 2 amide bonds. The number of amides is 2. The number of hydrogen-bond acceptors (Lipinski definition) is 3. The molecule has 1 aromatic carbocycles. The summed E-state index contributed by atoms with van der Waals surface area (Å²) < 4.78 is 0. The topological polar surface area (TPSA) is 53.0 Å². The average molecular weight is 348 g/mol. The molecule has 1 saturated heterocycles. The summed E-state index contributed by atoms with van der Waals surface area (Å²) in [6.45, 7) is 5.60. The van der Waals surface area contributed by atoms with Crippen molar-refractivity contribution in [1.29, 1.82) is 0 Å². The second kappa shape index (κ2) is 6.93. The number of likely N-dealkylation sites (tertiary alicyclic amines) is 1. The molecule has 2 heterocycles. The highest BCUT2D eigenvalue weighted by Crippen LogP contribution is 2.26. The number of hydrogen-bond donors (Lipinski definition) is 0. The van der Waals surface area contributed by atoms with E-state index in [0.29, 0.717) is 35.2 Å². The molecule has 2 aliphatic heterocycles. The van der Waals surface area contributed by atoms with Gasteiger partial charge in [0.05, 0.1) is 5.69 Å². The van der Waals surface area contributed by atoms with Gasteiger partial charge < -0.3 is 4.90 Å². The van der Waals surface area contributed by atoms with Crippen LogP contribution in [0.5, 0.6) is 0 Å². The van der Waals surface area contributed by atoms with Crippen LogP contribution in [-0.4, -0.2) is 35.5 Å². The first-order chi connectivity index (χ1) is 11.5. The van der Waals surface area contributed by atoms with Crippen LogP contribution in [0.3, 0.4) is 0 Å². The van der Waals surface area contributed by atoms with Crippen LogP contribution in [0.1, 0.15) is 38.2 Å². The Kier molecular flexibility index (Phi) is 4.90. The van der Waals surface area contributed by atoms with Crippen LogP contribution in [-0.2, 0) is 9.59 Å². The molecule has 1 atom stereocenters. The van der Waals surface area contributed by atoms with E-state index in [0.717, 1.165) is 31.5 Å². The Morgan fingerprint density at radius 2 is 2.12 bits per heavy atom. The van der Waals surface area contributed by atoms with Crippen LogP contribution < -0.4 is 5.01 Å². The number of nitrogens with zero attached hydrogens (tertiary/aromatic N) is 3. The Labute approximate surface area is 147 Å². The molecule has 5 nitrogen and oxygen atoms in total. The monoisotopic (exact) mass is 347 g/mol. The third kappa shape index (κ3) is 3.46. The predicted octanol–water partition coefficient (Wildman–Crippen LogP) is 3.39. The van der Waals surface area contributed by atoms with Gasteiger partial charge in [0.15, 0.2) is 0 Å². The molecule has 0 aromatic heterocycles. The molecule has 1 fully saturated rings.